The van der Waals surface area contributed by atoms with Crippen LogP contribution in [-0.4, -0.2) is 36.2 Å². The number of rotatable bonds is 8. The molecule has 30 heavy (non-hydrogen) atoms. The Labute approximate surface area is 202 Å². The number of thioether (sulfide) groups is 1. The summed E-state index contributed by atoms with van der Waals surface area (Å²) in [6.07, 6.45) is 1.95. The highest BCUT2D eigenvalue weighted by Crippen LogP contribution is 2.26. The first kappa shape index (κ1) is 24.0. The Kier molecular flexibility index (Phi) is 9.49. The Hall–Kier alpha value is -0.620. The molecule has 1 saturated heterocycles. The van der Waals surface area contributed by atoms with Gasteiger partial charge in [0, 0.05) is 31.1 Å². The SMILES string of the molecule is O=C(NCCSCc1ccc(Cl)c(Cl)c1)C1CCCN(Cc2ccc(Cl)c(Cl)c2)C1. The molecule has 0 bridgehead atoms. The van der Waals surface area contributed by atoms with E-state index >= 15 is 0 Å². The molecular weight excluding hydrogens is 482 g/mol. The summed E-state index contributed by atoms with van der Waals surface area (Å²) < 4.78 is 0. The Morgan fingerprint density at radius 1 is 1.00 bits per heavy atom. The van der Waals surface area contributed by atoms with Crippen molar-refractivity contribution < 1.29 is 4.79 Å². The summed E-state index contributed by atoms with van der Waals surface area (Å²) in [4.78, 5) is 14.9. The van der Waals surface area contributed by atoms with Crippen LogP contribution in [0, 0.1) is 5.92 Å². The number of likely N-dealkylation sites (tertiary alicyclic amines) is 1. The monoisotopic (exact) mass is 504 g/mol. The smallest absolute Gasteiger partial charge is 0.224 e. The molecule has 0 saturated carbocycles. The quantitative estimate of drug-likeness (QED) is 0.412. The van der Waals surface area contributed by atoms with E-state index in [0.717, 1.165) is 55.1 Å². The van der Waals surface area contributed by atoms with E-state index in [4.69, 9.17) is 46.4 Å². The predicted octanol–water partition coefficient (Wildman–Crippen LogP) is 6.56. The van der Waals surface area contributed by atoms with Gasteiger partial charge in [0.25, 0.3) is 0 Å². The van der Waals surface area contributed by atoms with Crippen molar-refractivity contribution in [2.45, 2.75) is 25.1 Å². The van der Waals surface area contributed by atoms with Gasteiger partial charge in [-0.05, 0) is 54.8 Å². The first-order chi connectivity index (χ1) is 14.4. The lowest BCUT2D eigenvalue weighted by Crippen LogP contribution is -2.43. The molecule has 2 aromatic carbocycles. The zero-order valence-corrected chi connectivity index (χ0v) is 20.3. The lowest BCUT2D eigenvalue weighted by Gasteiger charge is -2.32. The van der Waals surface area contributed by atoms with Crippen molar-refractivity contribution in [2.24, 2.45) is 5.92 Å². The Morgan fingerprint density at radius 2 is 1.67 bits per heavy atom. The van der Waals surface area contributed by atoms with Gasteiger partial charge in [-0.2, -0.15) is 11.8 Å². The molecule has 1 atom stereocenters. The van der Waals surface area contributed by atoms with Gasteiger partial charge < -0.3 is 5.32 Å². The normalized spacial score (nSPS) is 17.1. The fraction of sp³-hybridized carbons (Fsp3) is 0.409. The van der Waals surface area contributed by atoms with Crippen molar-refractivity contribution in [3.63, 3.8) is 0 Å². The van der Waals surface area contributed by atoms with E-state index in [1.54, 1.807) is 11.8 Å². The predicted molar refractivity (Wildman–Crippen MR) is 130 cm³/mol. The van der Waals surface area contributed by atoms with Crippen LogP contribution in [0.15, 0.2) is 36.4 Å². The van der Waals surface area contributed by atoms with E-state index in [1.165, 1.54) is 0 Å². The lowest BCUT2D eigenvalue weighted by molar-refractivity contribution is -0.126. The number of carbonyl (C=O) groups is 1. The zero-order chi connectivity index (χ0) is 21.5. The van der Waals surface area contributed by atoms with Crippen LogP contribution in [0.3, 0.4) is 0 Å². The molecule has 0 radical (unpaired) electrons. The van der Waals surface area contributed by atoms with E-state index in [0.29, 0.717) is 26.6 Å². The Balaban J connectivity index is 1.38. The number of piperidine rings is 1. The molecule has 1 unspecified atom stereocenters. The molecule has 1 N–H and O–H groups in total. The highest BCUT2D eigenvalue weighted by atomic mass is 35.5. The molecule has 1 amide bonds. The molecular formula is C22H24Cl4N2OS. The second kappa shape index (κ2) is 11.8. The van der Waals surface area contributed by atoms with Crippen LogP contribution >= 0.6 is 58.2 Å². The average Bonchev–Trinajstić information content (AvgIpc) is 2.73. The number of nitrogens with zero attached hydrogens (tertiary/aromatic N) is 1. The van der Waals surface area contributed by atoms with Crippen molar-refractivity contribution in [3.8, 4) is 0 Å². The van der Waals surface area contributed by atoms with Gasteiger partial charge in [-0.1, -0.05) is 58.5 Å². The second-order valence-electron chi connectivity index (χ2n) is 7.41. The largest absolute Gasteiger partial charge is 0.355 e. The molecule has 8 heteroatoms. The van der Waals surface area contributed by atoms with Gasteiger partial charge in [0.2, 0.25) is 5.91 Å². The maximum Gasteiger partial charge on any atom is 0.224 e. The molecule has 0 aliphatic carbocycles. The van der Waals surface area contributed by atoms with Gasteiger partial charge in [-0.3, -0.25) is 9.69 Å². The standard InChI is InChI=1S/C22H24Cl4N2OS/c23-18-5-3-15(10-20(18)25)12-28-8-1-2-17(13-28)22(29)27-7-9-30-14-16-4-6-19(24)21(26)11-16/h3-6,10-11,17H,1-2,7-9,12-14H2,(H,27,29). The van der Waals surface area contributed by atoms with Gasteiger partial charge in [0.05, 0.1) is 26.0 Å². The van der Waals surface area contributed by atoms with Crippen LogP contribution in [0.25, 0.3) is 0 Å². The third-order valence-electron chi connectivity index (χ3n) is 5.06. The minimum atomic E-state index is 0.0293. The van der Waals surface area contributed by atoms with Crippen molar-refractivity contribution in [1.82, 2.24) is 10.2 Å². The van der Waals surface area contributed by atoms with E-state index in [2.05, 4.69) is 10.2 Å². The van der Waals surface area contributed by atoms with E-state index in [9.17, 15) is 4.79 Å². The average molecular weight is 506 g/mol. The number of benzene rings is 2. The number of halogens is 4. The molecule has 0 spiro atoms. The van der Waals surface area contributed by atoms with Gasteiger partial charge in [0.15, 0.2) is 0 Å². The number of carbonyl (C=O) groups excluding carboxylic acids is 1. The number of hydrogen-bond acceptors (Lipinski definition) is 3. The zero-order valence-electron chi connectivity index (χ0n) is 16.5. The summed E-state index contributed by atoms with van der Waals surface area (Å²) in [5.41, 5.74) is 2.25. The Morgan fingerprint density at radius 3 is 2.37 bits per heavy atom. The minimum Gasteiger partial charge on any atom is -0.355 e. The molecule has 3 rings (SSSR count). The van der Waals surface area contributed by atoms with Crippen LogP contribution in [-0.2, 0) is 17.1 Å². The fourth-order valence-corrected chi connectivity index (χ4v) is 4.97. The summed E-state index contributed by atoms with van der Waals surface area (Å²) in [6.45, 7) is 3.19. The maximum atomic E-state index is 12.6. The van der Waals surface area contributed by atoms with Crippen molar-refractivity contribution >= 4 is 64.1 Å². The van der Waals surface area contributed by atoms with E-state index in [1.807, 2.05) is 36.4 Å². The van der Waals surface area contributed by atoms with Crippen LogP contribution in [0.4, 0.5) is 0 Å². The van der Waals surface area contributed by atoms with Crippen LogP contribution in [0.1, 0.15) is 24.0 Å². The maximum absolute atomic E-state index is 12.6. The molecule has 162 valence electrons. The van der Waals surface area contributed by atoms with E-state index in [-0.39, 0.29) is 11.8 Å². The summed E-state index contributed by atoms with van der Waals surface area (Å²) in [6, 6.07) is 11.4. The number of hydrogen-bond donors (Lipinski definition) is 1. The molecule has 0 aromatic heterocycles. The number of amides is 1. The summed E-state index contributed by atoms with van der Waals surface area (Å²) >= 11 is 25.9. The van der Waals surface area contributed by atoms with Gasteiger partial charge in [-0.25, -0.2) is 0 Å². The van der Waals surface area contributed by atoms with Crippen molar-refractivity contribution in [2.75, 3.05) is 25.4 Å². The summed E-state index contributed by atoms with van der Waals surface area (Å²) in [5, 5.41) is 5.36. The Bertz CT molecular complexity index is 880. The minimum absolute atomic E-state index is 0.0293. The molecule has 3 nitrogen and oxygen atoms in total. The first-order valence-electron chi connectivity index (χ1n) is 9.88. The fourth-order valence-electron chi connectivity index (χ4n) is 3.52. The number of nitrogens with one attached hydrogen (secondary N) is 1. The highest BCUT2D eigenvalue weighted by Gasteiger charge is 2.25. The molecule has 1 aliphatic rings. The van der Waals surface area contributed by atoms with Crippen molar-refractivity contribution in [3.05, 3.63) is 67.6 Å². The van der Waals surface area contributed by atoms with E-state index < -0.39 is 0 Å². The van der Waals surface area contributed by atoms with Crippen molar-refractivity contribution in [1.29, 1.82) is 0 Å². The summed E-state index contributed by atoms with van der Waals surface area (Å²) in [5.74, 6) is 1.87. The second-order valence-corrected chi connectivity index (χ2v) is 10.1. The van der Waals surface area contributed by atoms with Crippen LogP contribution < -0.4 is 5.32 Å². The van der Waals surface area contributed by atoms with Gasteiger partial charge >= 0.3 is 0 Å². The topological polar surface area (TPSA) is 32.3 Å². The van der Waals surface area contributed by atoms with Gasteiger partial charge in [0.1, 0.15) is 0 Å². The molecule has 2 aromatic rings. The summed E-state index contributed by atoms with van der Waals surface area (Å²) in [7, 11) is 0. The molecule has 1 heterocycles. The first-order valence-corrected chi connectivity index (χ1v) is 12.5. The molecule has 1 aliphatic heterocycles. The van der Waals surface area contributed by atoms with Gasteiger partial charge in [-0.15, -0.1) is 0 Å². The molecule has 1 fully saturated rings. The third-order valence-corrected chi connectivity index (χ3v) is 7.57. The third kappa shape index (κ3) is 7.22. The van der Waals surface area contributed by atoms with Crippen LogP contribution in [0.5, 0.6) is 0 Å². The van der Waals surface area contributed by atoms with Crippen LogP contribution in [0.2, 0.25) is 20.1 Å². The lowest BCUT2D eigenvalue weighted by atomic mass is 9.96. The highest BCUT2D eigenvalue weighted by molar-refractivity contribution is 7.98.